The molecule has 0 aliphatic rings. The average Bonchev–Trinajstić information content (AvgIpc) is 2.03. The van der Waals surface area contributed by atoms with Gasteiger partial charge < -0.3 is 5.11 Å². The number of benzene rings is 1. The Hall–Kier alpha value is -0.760. The topological polar surface area (TPSA) is 20.2 Å². The summed E-state index contributed by atoms with van der Waals surface area (Å²) in [7, 11) is 0. The lowest BCUT2D eigenvalue weighted by molar-refractivity contribution is 0.475. The molecule has 1 nitrogen and oxygen atoms in total. The number of rotatable bonds is 2. The lowest BCUT2D eigenvalue weighted by atomic mass is 10.3. The molecule has 12 heavy (non-hydrogen) atoms. The zero-order chi connectivity index (χ0) is 8.97. The molecule has 0 atom stereocenters. The summed E-state index contributed by atoms with van der Waals surface area (Å²) in [6.45, 7) is 4.32. The van der Waals surface area contributed by atoms with Crippen molar-refractivity contribution in [3.8, 4) is 5.75 Å². The third-order valence-electron chi connectivity index (χ3n) is 1.37. The molecule has 66 valence electrons. The third-order valence-corrected chi connectivity index (χ3v) is 2.71. The molecule has 0 aliphatic heterocycles. The molecule has 0 aromatic heterocycles. The van der Waals surface area contributed by atoms with Crippen LogP contribution in [0.4, 0.5) is 0 Å². The van der Waals surface area contributed by atoms with Crippen LogP contribution in [0.15, 0.2) is 29.2 Å². The lowest BCUT2D eigenvalue weighted by Crippen LogP contribution is -1.83. The minimum Gasteiger partial charge on any atom is -0.508 e. The van der Waals surface area contributed by atoms with Crippen LogP contribution in [0.3, 0.4) is 0 Å². The molecule has 0 aliphatic carbocycles. The predicted molar refractivity (Wildman–Crippen MR) is 56.3 cm³/mol. The maximum absolute atomic E-state index is 9.02. The Labute approximate surface area is 77.0 Å². The Morgan fingerprint density at radius 3 is 2.33 bits per heavy atom. The first-order valence-electron chi connectivity index (χ1n) is 4.01. The highest BCUT2D eigenvalue weighted by atomic mass is 32.1. The molecule has 0 radical (unpaired) electrons. The van der Waals surface area contributed by atoms with Gasteiger partial charge in [0.05, 0.1) is 0 Å². The predicted octanol–water partition coefficient (Wildman–Crippen LogP) is 2.67. The Balaban J connectivity index is 2.71. The van der Waals surface area contributed by atoms with Crippen LogP contribution >= 0.6 is 11.4 Å². The highest BCUT2D eigenvalue weighted by molar-refractivity contribution is 7.97. The van der Waals surface area contributed by atoms with Gasteiger partial charge in [0.2, 0.25) is 0 Å². The number of aromatic hydroxyl groups is 1. The molecule has 0 fully saturated rings. The summed E-state index contributed by atoms with van der Waals surface area (Å²) >= 11 is 1.22. The van der Waals surface area contributed by atoms with E-state index in [1.54, 1.807) is 12.1 Å². The molecule has 0 amide bonds. The molecule has 0 saturated carbocycles. The maximum atomic E-state index is 9.02. The van der Waals surface area contributed by atoms with E-state index in [1.165, 1.54) is 16.2 Å². The minimum atomic E-state index is 0.332. The van der Waals surface area contributed by atoms with Gasteiger partial charge in [-0.25, -0.2) is 0 Å². The summed E-state index contributed by atoms with van der Waals surface area (Å²) in [4.78, 5) is 1.22. The van der Waals surface area contributed by atoms with E-state index >= 15 is 0 Å². The quantitative estimate of drug-likeness (QED) is 0.532. The van der Waals surface area contributed by atoms with Gasteiger partial charge in [0, 0.05) is 0 Å². The van der Waals surface area contributed by atoms with Crippen molar-refractivity contribution in [1.29, 1.82) is 0 Å². The monoisotopic (exact) mass is 182 g/mol. The zero-order valence-electron chi connectivity index (χ0n) is 7.36. The van der Waals surface area contributed by atoms with Crippen LogP contribution in [0.1, 0.15) is 13.8 Å². The van der Waals surface area contributed by atoms with Gasteiger partial charge in [-0.15, -0.1) is 0 Å². The van der Waals surface area contributed by atoms with Gasteiger partial charge >= 0.3 is 0 Å². The number of thiol groups is 1. The highest BCUT2D eigenvalue weighted by Gasteiger charge is 1.88. The molecule has 0 heterocycles. The smallest absolute Gasteiger partial charge is 0.115 e. The van der Waals surface area contributed by atoms with Gasteiger partial charge in [-0.05, 0) is 35.1 Å². The molecule has 1 aromatic rings. The Morgan fingerprint density at radius 1 is 1.25 bits per heavy atom. The summed E-state index contributed by atoms with van der Waals surface area (Å²) in [5.41, 5.74) is 0. The van der Waals surface area contributed by atoms with Gasteiger partial charge in [0.15, 0.2) is 0 Å². The first kappa shape index (κ1) is 9.33. The van der Waals surface area contributed by atoms with Crippen molar-refractivity contribution in [3.63, 3.8) is 0 Å². The van der Waals surface area contributed by atoms with E-state index in [0.29, 0.717) is 11.7 Å². The van der Waals surface area contributed by atoms with Crippen LogP contribution < -0.4 is 0 Å². The van der Waals surface area contributed by atoms with Gasteiger partial charge in [-0.3, -0.25) is 0 Å². The summed E-state index contributed by atoms with van der Waals surface area (Å²) < 4.78 is 0. The highest BCUT2D eigenvalue weighted by Crippen LogP contribution is 2.15. The summed E-state index contributed by atoms with van der Waals surface area (Å²) in [6.07, 6.45) is 0. The van der Waals surface area contributed by atoms with Crippen molar-refractivity contribution in [1.82, 2.24) is 0 Å². The van der Waals surface area contributed by atoms with Crippen LogP contribution in [-0.2, 0) is 0 Å². The minimum absolute atomic E-state index is 0.332. The molecule has 0 spiro atoms. The van der Waals surface area contributed by atoms with E-state index in [1.807, 2.05) is 12.1 Å². The van der Waals surface area contributed by atoms with Crippen molar-refractivity contribution < 1.29 is 5.11 Å². The molecule has 1 N–H and O–H groups in total. The molecular formula is C10H14OS. The van der Waals surface area contributed by atoms with Gasteiger partial charge in [0.1, 0.15) is 5.75 Å². The maximum Gasteiger partial charge on any atom is 0.115 e. The fourth-order valence-electron chi connectivity index (χ4n) is 0.774. The molecule has 1 aromatic carbocycles. The van der Waals surface area contributed by atoms with E-state index in [4.69, 9.17) is 5.11 Å². The summed E-state index contributed by atoms with van der Waals surface area (Å²) in [5, 5.41) is 11.2. The second-order valence-corrected chi connectivity index (χ2v) is 4.11. The van der Waals surface area contributed by atoms with Gasteiger partial charge in [-0.1, -0.05) is 19.2 Å². The number of hydrogen-bond donors (Lipinski definition) is 2. The van der Waals surface area contributed by atoms with E-state index in [9.17, 15) is 0 Å². The van der Waals surface area contributed by atoms with Crippen LogP contribution in [0, 0.1) is 5.92 Å². The molecule has 0 saturated heterocycles. The Kier molecular flexibility index (Phi) is 3.35. The number of hydrogen-bond acceptors (Lipinski definition) is 1. The number of phenolic OH excluding ortho intramolecular Hbond substituents is 1. The van der Waals surface area contributed by atoms with Crippen molar-refractivity contribution in [3.05, 3.63) is 24.3 Å². The van der Waals surface area contributed by atoms with E-state index in [0.717, 1.165) is 0 Å². The van der Waals surface area contributed by atoms with E-state index in [-0.39, 0.29) is 0 Å². The zero-order valence-corrected chi connectivity index (χ0v) is 8.25. The van der Waals surface area contributed by atoms with E-state index in [2.05, 4.69) is 19.2 Å². The van der Waals surface area contributed by atoms with Crippen molar-refractivity contribution in [2.75, 3.05) is 0 Å². The fourth-order valence-corrected chi connectivity index (χ4v) is 1.57. The summed E-state index contributed by atoms with van der Waals surface area (Å²) in [6, 6.07) is 7.32. The standard InChI is InChI=1S/C10H14OS/c1-8(2)7-12-10-5-3-9(11)4-6-10/h3-8,11-12H,1-2H3. The first-order chi connectivity index (χ1) is 5.68. The van der Waals surface area contributed by atoms with Crippen LogP contribution in [0.25, 0.3) is 0 Å². The second kappa shape index (κ2) is 4.31. The Bertz CT molecular complexity index is 262. The largest absolute Gasteiger partial charge is 0.508 e. The van der Waals surface area contributed by atoms with Crippen molar-refractivity contribution >= 4 is 16.7 Å². The lowest BCUT2D eigenvalue weighted by Gasteiger charge is -1.96. The molecule has 0 unspecified atom stereocenters. The van der Waals surface area contributed by atoms with Crippen LogP contribution in [0.2, 0.25) is 0 Å². The molecule has 2 heteroatoms. The van der Waals surface area contributed by atoms with Crippen molar-refractivity contribution in [2.45, 2.75) is 18.7 Å². The molecule has 1 rings (SSSR count). The number of phenols is 1. The average molecular weight is 182 g/mol. The fraction of sp³-hybridized carbons (Fsp3) is 0.300. The van der Waals surface area contributed by atoms with Crippen LogP contribution in [-0.4, -0.2) is 10.5 Å². The first-order valence-corrected chi connectivity index (χ1v) is 4.98. The van der Waals surface area contributed by atoms with Crippen LogP contribution in [0.5, 0.6) is 5.75 Å². The SMILES string of the molecule is CC(C)C=[SH]c1ccc(O)cc1. The van der Waals surface area contributed by atoms with E-state index < -0.39 is 0 Å². The second-order valence-electron chi connectivity index (χ2n) is 3.04. The Morgan fingerprint density at radius 2 is 1.83 bits per heavy atom. The molecule has 0 bridgehead atoms. The van der Waals surface area contributed by atoms with Gasteiger partial charge in [-0.2, -0.15) is 11.4 Å². The normalized spacial score (nSPS) is 11.9. The third kappa shape index (κ3) is 3.09. The van der Waals surface area contributed by atoms with Gasteiger partial charge in [0.25, 0.3) is 0 Å². The molecular weight excluding hydrogens is 168 g/mol. The summed E-state index contributed by atoms with van der Waals surface area (Å²) in [5.74, 6) is 0.943. The van der Waals surface area contributed by atoms with Crippen molar-refractivity contribution in [2.24, 2.45) is 5.92 Å².